The number of nitrogens with zero attached hydrogens (tertiary/aromatic N) is 4. The highest BCUT2D eigenvalue weighted by atomic mass is 35.5. The van der Waals surface area contributed by atoms with Crippen LogP contribution in [-0.2, 0) is 12.8 Å². The Morgan fingerprint density at radius 2 is 1.76 bits per heavy atom. The molecule has 1 aromatic heterocycles. The first kappa shape index (κ1) is 14.1. The lowest BCUT2D eigenvalue weighted by Gasteiger charge is -2.20. The van der Waals surface area contributed by atoms with Gasteiger partial charge in [-0.25, -0.2) is 0 Å². The van der Waals surface area contributed by atoms with E-state index < -0.39 is 0 Å². The average Bonchev–Trinajstić information content (AvgIpc) is 2.69. The molecule has 1 N–H and O–H groups in total. The lowest BCUT2D eigenvalue weighted by atomic mass is 10.0. The van der Waals surface area contributed by atoms with Crippen molar-refractivity contribution in [3.05, 3.63) is 40.7 Å². The second-order valence-corrected chi connectivity index (χ2v) is 5.35. The number of aromatic nitrogens is 3. The Hall–Kier alpha value is -1.88. The number of benzene rings is 1. The van der Waals surface area contributed by atoms with Gasteiger partial charge in [-0.05, 0) is 42.5 Å². The second kappa shape index (κ2) is 6.26. The Balaban J connectivity index is 1.82. The summed E-state index contributed by atoms with van der Waals surface area (Å²) in [6, 6.07) is 8.59. The molecule has 2 heterocycles. The molecule has 0 radical (unpaired) electrons. The van der Waals surface area contributed by atoms with Crippen LogP contribution < -0.4 is 10.2 Å². The smallest absolute Gasteiger partial charge is 0.231 e. The van der Waals surface area contributed by atoms with E-state index in [-0.39, 0.29) is 5.28 Å². The normalized spacial score (nSPS) is 14.5. The number of fused-ring (bicyclic) bond motifs is 1. The van der Waals surface area contributed by atoms with Crippen LogP contribution in [0.4, 0.5) is 11.9 Å². The molecule has 6 heteroatoms. The van der Waals surface area contributed by atoms with Crippen molar-refractivity contribution >= 4 is 23.5 Å². The maximum atomic E-state index is 6.01. The monoisotopic (exact) mass is 303 g/mol. The number of rotatable bonds is 3. The second-order valence-electron chi connectivity index (χ2n) is 5.01. The van der Waals surface area contributed by atoms with Gasteiger partial charge in [0.1, 0.15) is 0 Å². The van der Waals surface area contributed by atoms with Crippen molar-refractivity contribution in [2.45, 2.75) is 19.8 Å². The fourth-order valence-electron chi connectivity index (χ4n) is 2.59. The zero-order chi connectivity index (χ0) is 14.7. The molecule has 5 nitrogen and oxygen atoms in total. The van der Waals surface area contributed by atoms with Crippen LogP contribution in [0.15, 0.2) is 24.3 Å². The zero-order valence-electron chi connectivity index (χ0n) is 12.0. The molecular formula is C15H18ClN5. The first-order chi connectivity index (χ1) is 10.3. The zero-order valence-corrected chi connectivity index (χ0v) is 12.8. The van der Waals surface area contributed by atoms with E-state index in [1.807, 2.05) is 6.92 Å². The van der Waals surface area contributed by atoms with Gasteiger partial charge in [0, 0.05) is 19.6 Å². The average molecular weight is 304 g/mol. The molecule has 110 valence electrons. The Morgan fingerprint density at radius 1 is 1.10 bits per heavy atom. The molecule has 0 amide bonds. The van der Waals surface area contributed by atoms with Crippen LogP contribution in [0.3, 0.4) is 0 Å². The summed E-state index contributed by atoms with van der Waals surface area (Å²) in [6.45, 7) is 4.54. The Labute approximate surface area is 129 Å². The van der Waals surface area contributed by atoms with Gasteiger partial charge in [-0.1, -0.05) is 24.3 Å². The van der Waals surface area contributed by atoms with Crippen molar-refractivity contribution in [1.29, 1.82) is 0 Å². The van der Waals surface area contributed by atoms with Crippen molar-refractivity contribution in [3.63, 3.8) is 0 Å². The van der Waals surface area contributed by atoms with Gasteiger partial charge < -0.3 is 10.2 Å². The van der Waals surface area contributed by atoms with Crippen LogP contribution in [0.1, 0.15) is 18.1 Å². The first-order valence-corrected chi connectivity index (χ1v) is 7.61. The van der Waals surface area contributed by atoms with Crippen LogP contribution in [0, 0.1) is 0 Å². The molecule has 0 saturated heterocycles. The third-order valence-corrected chi connectivity index (χ3v) is 3.80. The molecule has 0 aliphatic carbocycles. The molecule has 0 fully saturated rings. The summed E-state index contributed by atoms with van der Waals surface area (Å²) >= 11 is 6.01. The van der Waals surface area contributed by atoms with Crippen LogP contribution >= 0.6 is 11.6 Å². The maximum Gasteiger partial charge on any atom is 0.231 e. The summed E-state index contributed by atoms with van der Waals surface area (Å²) in [6.07, 6.45) is 1.99. The van der Waals surface area contributed by atoms with E-state index in [0.29, 0.717) is 11.9 Å². The minimum absolute atomic E-state index is 0.234. The molecule has 0 atom stereocenters. The van der Waals surface area contributed by atoms with Gasteiger partial charge in [-0.3, -0.25) is 0 Å². The summed E-state index contributed by atoms with van der Waals surface area (Å²) in [5, 5.41) is 3.32. The van der Waals surface area contributed by atoms with Crippen molar-refractivity contribution in [3.8, 4) is 0 Å². The number of halogens is 1. The SMILES string of the molecule is CCNc1nc(Cl)nc(N2CCc3ccccc3CC2)n1. The summed E-state index contributed by atoms with van der Waals surface area (Å²) in [5.74, 6) is 1.19. The van der Waals surface area contributed by atoms with Crippen LogP contribution in [-0.4, -0.2) is 34.6 Å². The highest BCUT2D eigenvalue weighted by Gasteiger charge is 2.17. The Kier molecular flexibility index (Phi) is 4.20. The van der Waals surface area contributed by atoms with E-state index in [2.05, 4.69) is 49.4 Å². The van der Waals surface area contributed by atoms with Crippen molar-refractivity contribution in [1.82, 2.24) is 15.0 Å². The largest absolute Gasteiger partial charge is 0.354 e. The minimum Gasteiger partial charge on any atom is -0.354 e. The van der Waals surface area contributed by atoms with Crippen LogP contribution in [0.25, 0.3) is 0 Å². The van der Waals surface area contributed by atoms with Gasteiger partial charge >= 0.3 is 0 Å². The standard InChI is InChI=1S/C15H18ClN5/c1-2-17-14-18-13(16)19-15(20-14)21-9-7-11-5-3-4-6-12(11)8-10-21/h3-6H,2,7-10H2,1H3,(H,17,18,19,20). The summed E-state index contributed by atoms with van der Waals surface area (Å²) < 4.78 is 0. The first-order valence-electron chi connectivity index (χ1n) is 7.23. The predicted octanol–water partition coefficient (Wildman–Crippen LogP) is 2.56. The topological polar surface area (TPSA) is 53.9 Å². The highest BCUT2D eigenvalue weighted by molar-refractivity contribution is 6.28. The minimum atomic E-state index is 0.234. The Bertz CT molecular complexity index is 604. The molecule has 0 spiro atoms. The molecule has 21 heavy (non-hydrogen) atoms. The van der Waals surface area contributed by atoms with Gasteiger partial charge in [0.05, 0.1) is 0 Å². The van der Waals surface area contributed by atoms with Gasteiger partial charge in [0.25, 0.3) is 0 Å². The fraction of sp³-hybridized carbons (Fsp3) is 0.400. The van der Waals surface area contributed by atoms with Crippen molar-refractivity contribution < 1.29 is 0 Å². The lowest BCUT2D eigenvalue weighted by molar-refractivity contribution is 0.767. The van der Waals surface area contributed by atoms with Crippen molar-refractivity contribution in [2.24, 2.45) is 0 Å². The highest BCUT2D eigenvalue weighted by Crippen LogP contribution is 2.20. The van der Waals surface area contributed by atoms with Gasteiger partial charge in [-0.2, -0.15) is 15.0 Å². The molecule has 0 unspecified atom stereocenters. The maximum absolute atomic E-state index is 6.01. The van der Waals surface area contributed by atoms with E-state index in [4.69, 9.17) is 11.6 Å². The van der Waals surface area contributed by atoms with Crippen molar-refractivity contribution in [2.75, 3.05) is 29.9 Å². The quantitative estimate of drug-likeness (QED) is 0.944. The van der Waals surface area contributed by atoms with E-state index in [0.717, 1.165) is 32.5 Å². The molecule has 0 bridgehead atoms. The predicted molar refractivity (Wildman–Crippen MR) is 85.1 cm³/mol. The third kappa shape index (κ3) is 3.24. The number of hydrogen-bond donors (Lipinski definition) is 1. The van der Waals surface area contributed by atoms with E-state index >= 15 is 0 Å². The van der Waals surface area contributed by atoms with Crippen LogP contribution in [0.2, 0.25) is 5.28 Å². The van der Waals surface area contributed by atoms with E-state index in [1.54, 1.807) is 0 Å². The molecular weight excluding hydrogens is 286 g/mol. The molecule has 1 aliphatic rings. The third-order valence-electron chi connectivity index (χ3n) is 3.63. The van der Waals surface area contributed by atoms with Gasteiger partial charge in [0.15, 0.2) is 0 Å². The van der Waals surface area contributed by atoms with E-state index in [9.17, 15) is 0 Å². The van der Waals surface area contributed by atoms with E-state index in [1.165, 1.54) is 11.1 Å². The Morgan fingerprint density at radius 3 is 2.38 bits per heavy atom. The van der Waals surface area contributed by atoms with Gasteiger partial charge in [-0.15, -0.1) is 0 Å². The number of hydrogen-bond acceptors (Lipinski definition) is 5. The summed E-state index contributed by atoms with van der Waals surface area (Å²) in [7, 11) is 0. The number of nitrogens with one attached hydrogen (secondary N) is 1. The van der Waals surface area contributed by atoms with Gasteiger partial charge in [0.2, 0.25) is 17.2 Å². The van der Waals surface area contributed by atoms with Crippen LogP contribution in [0.5, 0.6) is 0 Å². The number of anilines is 2. The fourth-order valence-corrected chi connectivity index (χ4v) is 2.74. The summed E-state index contributed by atoms with van der Waals surface area (Å²) in [4.78, 5) is 15.0. The lowest BCUT2D eigenvalue weighted by Crippen LogP contribution is -2.28. The molecule has 0 saturated carbocycles. The molecule has 3 rings (SSSR count). The molecule has 1 aromatic carbocycles. The summed E-state index contributed by atoms with van der Waals surface area (Å²) in [5.41, 5.74) is 2.82. The molecule has 1 aliphatic heterocycles. The molecule has 2 aromatic rings.